The van der Waals surface area contributed by atoms with Gasteiger partial charge in [0.1, 0.15) is 12.1 Å². The molecule has 1 aliphatic rings. The minimum atomic E-state index is -0.737. The molecule has 0 radical (unpaired) electrons. The van der Waals surface area contributed by atoms with Gasteiger partial charge in [-0.05, 0) is 51.1 Å². The third-order valence-corrected chi connectivity index (χ3v) is 5.76. The number of hydrogen-bond acceptors (Lipinski definition) is 7. The Kier molecular flexibility index (Phi) is 7.76. The van der Waals surface area contributed by atoms with Crippen LogP contribution in [0.15, 0.2) is 42.5 Å². The van der Waals surface area contributed by atoms with Crippen molar-refractivity contribution >= 4 is 41.7 Å². The summed E-state index contributed by atoms with van der Waals surface area (Å²) in [5.74, 6) is -0.285. The second-order valence-corrected chi connectivity index (χ2v) is 9.47. The lowest BCUT2D eigenvalue weighted by Crippen LogP contribution is -2.36. The Bertz CT molecular complexity index is 1040. The Morgan fingerprint density at radius 1 is 1.15 bits per heavy atom. The van der Waals surface area contributed by atoms with Gasteiger partial charge in [-0.15, -0.1) is 0 Å². The van der Waals surface area contributed by atoms with Crippen molar-refractivity contribution in [3.8, 4) is 11.5 Å². The summed E-state index contributed by atoms with van der Waals surface area (Å²) in [6.45, 7) is 5.38. The van der Waals surface area contributed by atoms with Crippen molar-refractivity contribution in [2.45, 2.75) is 32.8 Å². The van der Waals surface area contributed by atoms with Crippen molar-refractivity contribution in [1.82, 2.24) is 8.61 Å². The van der Waals surface area contributed by atoms with Crippen LogP contribution < -0.4 is 9.47 Å². The molecule has 2 aromatic rings. The van der Waals surface area contributed by atoms with E-state index in [-0.39, 0.29) is 18.9 Å². The molecule has 0 N–H and O–H groups in total. The van der Waals surface area contributed by atoms with Gasteiger partial charge in [0, 0.05) is 29.6 Å². The monoisotopic (exact) mass is 492 g/mol. The third-order valence-electron chi connectivity index (χ3n) is 4.63. The van der Waals surface area contributed by atoms with Crippen molar-refractivity contribution < 1.29 is 28.6 Å². The summed E-state index contributed by atoms with van der Waals surface area (Å²) in [6, 6.07) is 11.6. The van der Waals surface area contributed by atoms with Crippen LogP contribution in [0.4, 0.5) is 4.79 Å². The molecule has 10 heteroatoms. The summed E-state index contributed by atoms with van der Waals surface area (Å²) in [4.78, 5) is 37.8. The topological polar surface area (TPSA) is 85.4 Å². The summed E-state index contributed by atoms with van der Waals surface area (Å²) < 4.78 is 18.7. The number of esters is 1. The lowest BCUT2D eigenvalue weighted by molar-refractivity contribution is -0.142. The van der Waals surface area contributed by atoms with Crippen molar-refractivity contribution in [1.29, 1.82) is 0 Å². The van der Waals surface area contributed by atoms with Crippen molar-refractivity contribution in [2.75, 3.05) is 20.2 Å². The Morgan fingerprint density at radius 3 is 2.52 bits per heavy atom. The van der Waals surface area contributed by atoms with Gasteiger partial charge in [-0.1, -0.05) is 23.7 Å². The predicted molar refractivity (Wildman–Crippen MR) is 125 cm³/mol. The molecule has 0 unspecified atom stereocenters. The number of para-hydroxylation sites is 1. The van der Waals surface area contributed by atoms with E-state index in [1.807, 2.05) is 19.9 Å². The SMILES string of the molecule is CCOC(=O)CN(SN(C)C(=O)Oc1cccc2c1OC(C)(C)C2)C(=O)c1ccc(Cl)cc1. The van der Waals surface area contributed by atoms with Crippen LogP contribution in [0.25, 0.3) is 0 Å². The summed E-state index contributed by atoms with van der Waals surface area (Å²) in [7, 11) is 1.44. The van der Waals surface area contributed by atoms with E-state index in [0.29, 0.717) is 22.8 Å². The standard InChI is InChI=1S/C23H25ClN2O6S/c1-5-30-19(27)14-26(21(28)15-9-11-17(24)12-10-15)33-25(4)22(29)31-18-8-6-7-16-13-23(2,3)32-20(16)18/h6-12H,5,13-14H2,1-4H3. The van der Waals surface area contributed by atoms with Crippen molar-refractivity contribution in [3.05, 3.63) is 58.6 Å². The molecule has 33 heavy (non-hydrogen) atoms. The smallest absolute Gasteiger partial charge is 0.426 e. The first kappa shape index (κ1) is 24.7. The molecule has 0 bridgehead atoms. The van der Waals surface area contributed by atoms with Crippen LogP contribution in [0.2, 0.25) is 5.02 Å². The van der Waals surface area contributed by atoms with Gasteiger partial charge in [0.2, 0.25) is 0 Å². The van der Waals surface area contributed by atoms with E-state index < -0.39 is 23.6 Å². The lowest BCUT2D eigenvalue weighted by Gasteiger charge is -2.25. The van der Waals surface area contributed by atoms with Gasteiger partial charge in [-0.25, -0.2) is 9.10 Å². The van der Waals surface area contributed by atoms with Crippen LogP contribution in [0, 0.1) is 0 Å². The number of hydrogen-bond donors (Lipinski definition) is 0. The second-order valence-electron chi connectivity index (χ2n) is 7.88. The van der Waals surface area contributed by atoms with Crippen LogP contribution >= 0.6 is 23.7 Å². The zero-order chi connectivity index (χ0) is 24.2. The maximum absolute atomic E-state index is 13.0. The van der Waals surface area contributed by atoms with Gasteiger partial charge < -0.3 is 14.2 Å². The number of ether oxygens (including phenoxy) is 3. The molecule has 0 saturated heterocycles. The minimum Gasteiger partial charge on any atom is -0.483 e. The van der Waals surface area contributed by atoms with Gasteiger partial charge in [-0.2, -0.15) is 0 Å². The van der Waals surface area contributed by atoms with Crippen molar-refractivity contribution in [2.24, 2.45) is 0 Å². The van der Waals surface area contributed by atoms with E-state index in [1.54, 1.807) is 31.2 Å². The van der Waals surface area contributed by atoms with Crippen molar-refractivity contribution in [3.63, 3.8) is 0 Å². The molecule has 3 rings (SSSR count). The number of carbonyl (C=O) groups excluding carboxylic acids is 3. The van der Waals surface area contributed by atoms with Crippen LogP contribution in [-0.4, -0.2) is 52.4 Å². The average Bonchev–Trinajstić information content (AvgIpc) is 3.08. The molecule has 0 aliphatic carbocycles. The molecule has 2 amide bonds. The molecule has 2 aromatic carbocycles. The molecule has 0 atom stereocenters. The van der Waals surface area contributed by atoms with E-state index in [4.69, 9.17) is 25.8 Å². The van der Waals surface area contributed by atoms with Gasteiger partial charge in [0.15, 0.2) is 11.5 Å². The summed E-state index contributed by atoms with van der Waals surface area (Å²) in [5.41, 5.74) is 0.851. The number of fused-ring (bicyclic) bond motifs is 1. The average molecular weight is 493 g/mol. The van der Waals surface area contributed by atoms with E-state index in [0.717, 1.165) is 26.3 Å². The predicted octanol–water partition coefficient (Wildman–Crippen LogP) is 4.75. The van der Waals surface area contributed by atoms with E-state index >= 15 is 0 Å². The first-order valence-electron chi connectivity index (χ1n) is 10.3. The number of benzene rings is 2. The number of nitrogens with zero attached hydrogens (tertiary/aromatic N) is 2. The number of amides is 2. The van der Waals surface area contributed by atoms with Gasteiger partial charge in [-0.3, -0.25) is 13.9 Å². The summed E-state index contributed by atoms with van der Waals surface area (Å²) >= 11 is 6.63. The molecule has 0 saturated carbocycles. The number of carbonyl (C=O) groups is 3. The highest BCUT2D eigenvalue weighted by molar-refractivity contribution is 7.95. The molecule has 0 fully saturated rings. The Hall–Kier alpha value is -2.91. The maximum Gasteiger partial charge on any atom is 0.426 e. The molecule has 0 spiro atoms. The van der Waals surface area contributed by atoms with Gasteiger partial charge in [0.25, 0.3) is 5.91 Å². The van der Waals surface area contributed by atoms with Gasteiger partial charge in [0.05, 0.1) is 18.7 Å². The number of halogens is 1. The summed E-state index contributed by atoms with van der Waals surface area (Å²) in [5, 5.41) is 0.470. The summed E-state index contributed by atoms with van der Waals surface area (Å²) in [6.07, 6.45) is -0.0409. The minimum absolute atomic E-state index is 0.166. The van der Waals surface area contributed by atoms with E-state index in [1.165, 1.54) is 19.2 Å². The van der Waals surface area contributed by atoms with E-state index in [2.05, 4.69) is 0 Å². The second kappa shape index (κ2) is 10.4. The third kappa shape index (κ3) is 6.33. The van der Waals surface area contributed by atoms with Crippen LogP contribution in [0.1, 0.15) is 36.7 Å². The fourth-order valence-corrected chi connectivity index (χ4v) is 4.07. The van der Waals surface area contributed by atoms with Crippen LogP contribution in [0.3, 0.4) is 0 Å². The van der Waals surface area contributed by atoms with Crippen LogP contribution in [0.5, 0.6) is 11.5 Å². The maximum atomic E-state index is 13.0. The van der Waals surface area contributed by atoms with E-state index in [9.17, 15) is 14.4 Å². The molecule has 1 aliphatic heterocycles. The Labute approximate surface area is 202 Å². The molecular weight excluding hydrogens is 468 g/mol. The quantitative estimate of drug-likeness (QED) is 0.407. The Balaban J connectivity index is 1.74. The normalized spacial score (nSPS) is 13.5. The largest absolute Gasteiger partial charge is 0.483 e. The fraction of sp³-hybridized carbons (Fsp3) is 0.348. The van der Waals surface area contributed by atoms with Gasteiger partial charge >= 0.3 is 12.1 Å². The molecule has 1 heterocycles. The fourth-order valence-electron chi connectivity index (χ4n) is 3.21. The molecular formula is C23H25ClN2O6S. The lowest BCUT2D eigenvalue weighted by atomic mass is 10.0. The zero-order valence-corrected chi connectivity index (χ0v) is 20.4. The Morgan fingerprint density at radius 2 is 1.85 bits per heavy atom. The highest BCUT2D eigenvalue weighted by Crippen LogP contribution is 2.42. The number of rotatable bonds is 7. The molecule has 176 valence electrons. The molecule has 8 nitrogen and oxygen atoms in total. The highest BCUT2D eigenvalue weighted by Gasteiger charge is 2.33. The first-order chi connectivity index (χ1) is 15.6. The first-order valence-corrected chi connectivity index (χ1v) is 11.4. The highest BCUT2D eigenvalue weighted by atomic mass is 35.5. The molecule has 0 aromatic heterocycles. The van der Waals surface area contributed by atoms with Crippen LogP contribution in [-0.2, 0) is 16.0 Å². The zero-order valence-electron chi connectivity index (χ0n) is 18.8.